The van der Waals surface area contributed by atoms with Gasteiger partial charge in [-0.25, -0.2) is 9.59 Å². The van der Waals surface area contributed by atoms with Crippen molar-refractivity contribution in [2.45, 2.75) is 36.6 Å². The molecule has 2 aliphatic rings. The Morgan fingerprint density at radius 3 is 2.12 bits per heavy atom. The highest BCUT2D eigenvalue weighted by atomic mass is 19.3. The lowest BCUT2D eigenvalue weighted by atomic mass is 9.75. The molecule has 2 aromatic rings. The molecule has 0 spiro atoms. The maximum atomic E-state index is 14.5. The lowest BCUT2D eigenvalue weighted by Gasteiger charge is -2.45. The summed E-state index contributed by atoms with van der Waals surface area (Å²) in [7, 11) is 1.05. The number of amides is 2. The number of carbonyl (C=O) groups excluding carboxylic acids is 2. The number of ether oxygens (including phenoxy) is 1. The number of nitrogens with zero attached hydrogens (tertiary/aromatic N) is 1. The third-order valence-corrected chi connectivity index (χ3v) is 6.64. The molecule has 2 aromatic carbocycles. The molecule has 0 unspecified atom stereocenters. The minimum absolute atomic E-state index is 0.0542. The van der Waals surface area contributed by atoms with Gasteiger partial charge in [0.25, 0.3) is 5.91 Å². The zero-order chi connectivity index (χ0) is 23.8. The molecule has 0 heterocycles. The zero-order valence-electron chi connectivity index (χ0n) is 18.0. The molecular formula is C24H24F2N2O5. The van der Waals surface area contributed by atoms with E-state index in [0.29, 0.717) is 11.3 Å². The van der Waals surface area contributed by atoms with E-state index in [2.05, 4.69) is 0 Å². The maximum Gasteiger partial charge on any atom is 0.407 e. The number of halogens is 2. The van der Waals surface area contributed by atoms with Gasteiger partial charge < -0.3 is 20.1 Å². The molecule has 0 aliphatic heterocycles. The van der Waals surface area contributed by atoms with Crippen molar-refractivity contribution in [3.05, 3.63) is 59.7 Å². The molecule has 9 heteroatoms. The maximum absolute atomic E-state index is 14.5. The number of nitrogens with one attached hydrogen (secondary N) is 1. The summed E-state index contributed by atoms with van der Waals surface area (Å²) in [6.07, 6.45) is -0.322. The van der Waals surface area contributed by atoms with Crippen LogP contribution in [0, 0.1) is 0 Å². The number of likely N-dealkylation sites (N-methyl/N-ethyl adjacent to an activating group) is 1. The summed E-state index contributed by atoms with van der Waals surface area (Å²) in [6, 6.07) is 15.4. The molecule has 0 aromatic heterocycles. The number of fused-ring (bicyclic) bond motifs is 3. The number of benzene rings is 2. The summed E-state index contributed by atoms with van der Waals surface area (Å²) >= 11 is 0. The minimum atomic E-state index is -3.97. The number of carboxylic acids is 1. The van der Waals surface area contributed by atoms with Crippen LogP contribution in [-0.4, -0.2) is 59.6 Å². The van der Waals surface area contributed by atoms with Crippen LogP contribution < -0.4 is 5.32 Å². The van der Waals surface area contributed by atoms with Crippen LogP contribution >= 0.6 is 0 Å². The Kier molecular flexibility index (Phi) is 5.82. The molecule has 1 fully saturated rings. The molecule has 1 saturated carbocycles. The first-order chi connectivity index (χ1) is 15.7. The van der Waals surface area contributed by atoms with Crippen LogP contribution in [-0.2, 0) is 14.3 Å². The fourth-order valence-corrected chi connectivity index (χ4v) is 4.55. The topological polar surface area (TPSA) is 95.9 Å². The second-order valence-corrected chi connectivity index (χ2v) is 8.44. The van der Waals surface area contributed by atoms with Gasteiger partial charge in [0.05, 0.1) is 6.54 Å². The third-order valence-electron chi connectivity index (χ3n) is 6.64. The van der Waals surface area contributed by atoms with E-state index < -0.39 is 36.0 Å². The first-order valence-corrected chi connectivity index (χ1v) is 10.7. The SMILES string of the molecule is CN(C(=O)C(F)(F)CNC(=O)OCC1c2ccccc2-c2ccccc21)C1(C(=O)O)CCC1. The number of hydrogen-bond donors (Lipinski definition) is 2. The van der Waals surface area contributed by atoms with Crippen LogP contribution in [0.5, 0.6) is 0 Å². The van der Waals surface area contributed by atoms with Crippen molar-refractivity contribution in [1.82, 2.24) is 10.2 Å². The van der Waals surface area contributed by atoms with Crippen molar-refractivity contribution in [3.63, 3.8) is 0 Å². The predicted octanol–water partition coefficient (Wildman–Crippen LogP) is 3.63. The molecule has 0 saturated heterocycles. The summed E-state index contributed by atoms with van der Waals surface area (Å²) in [5.41, 5.74) is 2.40. The molecule has 7 nitrogen and oxygen atoms in total. The highest BCUT2D eigenvalue weighted by molar-refractivity contribution is 5.91. The Morgan fingerprint density at radius 1 is 1.09 bits per heavy atom. The standard InChI is InChI=1S/C24H24F2N2O5/c1-28(23(21(30)31)11-6-12-23)20(29)24(25,26)14-27-22(32)33-13-19-17-9-4-2-7-15(17)16-8-3-5-10-18(16)19/h2-5,7-10,19H,6,11-14H2,1H3,(H,27,32)(H,30,31). The normalized spacial score (nSPS) is 16.2. The molecule has 174 valence electrons. The zero-order valence-corrected chi connectivity index (χ0v) is 18.0. The summed E-state index contributed by atoms with van der Waals surface area (Å²) < 4.78 is 34.1. The monoisotopic (exact) mass is 458 g/mol. The fraction of sp³-hybridized carbons (Fsp3) is 0.375. The number of carbonyl (C=O) groups is 3. The van der Waals surface area contributed by atoms with Crippen molar-refractivity contribution in [2.75, 3.05) is 20.2 Å². The van der Waals surface area contributed by atoms with Crippen molar-refractivity contribution in [1.29, 1.82) is 0 Å². The van der Waals surface area contributed by atoms with Crippen LogP contribution in [0.2, 0.25) is 0 Å². The fourth-order valence-electron chi connectivity index (χ4n) is 4.55. The summed E-state index contributed by atoms with van der Waals surface area (Å²) in [4.78, 5) is 36.5. The number of alkyl carbamates (subject to hydrolysis) is 1. The average molecular weight is 458 g/mol. The highest BCUT2D eigenvalue weighted by Gasteiger charge is 2.54. The molecule has 2 N–H and O–H groups in total. The van der Waals surface area contributed by atoms with E-state index in [1.54, 1.807) is 0 Å². The molecule has 0 bridgehead atoms. The largest absolute Gasteiger partial charge is 0.479 e. The van der Waals surface area contributed by atoms with Crippen LogP contribution in [0.1, 0.15) is 36.3 Å². The van der Waals surface area contributed by atoms with E-state index in [1.165, 1.54) is 0 Å². The van der Waals surface area contributed by atoms with Crippen LogP contribution in [0.3, 0.4) is 0 Å². The van der Waals surface area contributed by atoms with E-state index in [9.17, 15) is 28.3 Å². The second kappa shape index (κ2) is 8.46. The van der Waals surface area contributed by atoms with Crippen molar-refractivity contribution in [2.24, 2.45) is 0 Å². The van der Waals surface area contributed by atoms with Crippen LogP contribution in [0.25, 0.3) is 11.1 Å². The van der Waals surface area contributed by atoms with Gasteiger partial charge >= 0.3 is 18.0 Å². The molecule has 2 aliphatic carbocycles. The van der Waals surface area contributed by atoms with E-state index in [4.69, 9.17) is 4.74 Å². The highest BCUT2D eigenvalue weighted by Crippen LogP contribution is 2.44. The van der Waals surface area contributed by atoms with E-state index >= 15 is 0 Å². The Morgan fingerprint density at radius 2 is 1.64 bits per heavy atom. The van der Waals surface area contributed by atoms with Crippen molar-refractivity contribution < 1.29 is 33.0 Å². The molecule has 2 amide bonds. The summed E-state index contributed by atoms with van der Waals surface area (Å²) in [5, 5.41) is 11.3. The first-order valence-electron chi connectivity index (χ1n) is 10.7. The van der Waals surface area contributed by atoms with Gasteiger partial charge in [0.2, 0.25) is 0 Å². The van der Waals surface area contributed by atoms with Crippen molar-refractivity contribution in [3.8, 4) is 11.1 Å². The average Bonchev–Trinajstić information content (AvgIpc) is 3.08. The lowest BCUT2D eigenvalue weighted by Crippen LogP contribution is -2.63. The van der Waals surface area contributed by atoms with Gasteiger partial charge in [-0.1, -0.05) is 48.5 Å². The molecule has 0 atom stereocenters. The predicted molar refractivity (Wildman–Crippen MR) is 115 cm³/mol. The van der Waals surface area contributed by atoms with Crippen molar-refractivity contribution >= 4 is 18.0 Å². The Hall–Kier alpha value is -3.49. The van der Waals surface area contributed by atoms with Crippen LogP contribution in [0.15, 0.2) is 48.5 Å². The minimum Gasteiger partial charge on any atom is -0.479 e. The molecule has 4 rings (SSSR count). The van der Waals surface area contributed by atoms with Gasteiger partial charge in [0, 0.05) is 13.0 Å². The quantitative estimate of drug-likeness (QED) is 0.661. The Labute approximate surface area is 189 Å². The lowest BCUT2D eigenvalue weighted by molar-refractivity contribution is -0.176. The van der Waals surface area contributed by atoms with Gasteiger partial charge in [-0.05, 0) is 41.5 Å². The Balaban J connectivity index is 1.36. The van der Waals surface area contributed by atoms with Gasteiger partial charge in [0.15, 0.2) is 0 Å². The first kappa shape index (κ1) is 22.7. The second-order valence-electron chi connectivity index (χ2n) is 8.44. The van der Waals surface area contributed by atoms with E-state index in [1.807, 2.05) is 53.8 Å². The van der Waals surface area contributed by atoms with E-state index in [-0.39, 0.29) is 25.4 Å². The molecule has 33 heavy (non-hydrogen) atoms. The smallest absolute Gasteiger partial charge is 0.407 e. The number of rotatable bonds is 7. The van der Waals surface area contributed by atoms with Gasteiger partial charge in [-0.2, -0.15) is 8.78 Å². The Bertz CT molecular complexity index is 1050. The third kappa shape index (κ3) is 3.92. The number of carboxylic acid groups (broad SMARTS) is 1. The van der Waals surface area contributed by atoms with Crippen LogP contribution in [0.4, 0.5) is 13.6 Å². The van der Waals surface area contributed by atoms with Gasteiger partial charge in [0.1, 0.15) is 12.1 Å². The summed E-state index contributed by atoms with van der Waals surface area (Å²) in [6.45, 7) is -1.34. The molecule has 0 radical (unpaired) electrons. The number of hydrogen-bond acceptors (Lipinski definition) is 4. The summed E-state index contributed by atoms with van der Waals surface area (Å²) in [5.74, 6) is -7.17. The molecular weight excluding hydrogens is 434 g/mol. The van der Waals surface area contributed by atoms with Gasteiger partial charge in [-0.3, -0.25) is 4.79 Å². The van der Waals surface area contributed by atoms with Gasteiger partial charge in [-0.15, -0.1) is 0 Å². The number of alkyl halides is 2. The van der Waals surface area contributed by atoms with E-state index in [0.717, 1.165) is 29.3 Å². The number of aliphatic carboxylic acids is 1.